The first-order valence-electron chi connectivity index (χ1n) is 6.30. The van der Waals surface area contributed by atoms with Gasteiger partial charge in [0, 0.05) is 26.2 Å². The first kappa shape index (κ1) is 16.2. The maximum Gasteiger partial charge on any atom is 0.323 e. The van der Waals surface area contributed by atoms with E-state index in [0.29, 0.717) is 26.2 Å². The number of nitrogens with one attached hydrogen (secondary N) is 1. The van der Waals surface area contributed by atoms with Gasteiger partial charge in [-0.25, -0.2) is 0 Å². The molecular formula is C12H20ClNO5. The van der Waals surface area contributed by atoms with E-state index in [1.54, 1.807) is 0 Å². The van der Waals surface area contributed by atoms with Gasteiger partial charge in [0.05, 0.1) is 13.0 Å². The molecule has 0 saturated carbocycles. The molecule has 6 nitrogen and oxygen atoms in total. The molecule has 0 aromatic rings. The summed E-state index contributed by atoms with van der Waals surface area (Å²) in [5.74, 6) is -0.536. The van der Waals surface area contributed by atoms with Crippen LogP contribution in [0.2, 0.25) is 0 Å². The molecule has 2 fully saturated rings. The third-order valence-electron chi connectivity index (χ3n) is 3.41. The Morgan fingerprint density at radius 1 is 1.21 bits per heavy atom. The molecule has 0 radical (unpaired) electrons. The molecule has 7 heteroatoms. The maximum atomic E-state index is 11.9. The predicted octanol–water partition coefficient (Wildman–Crippen LogP) is 0.281. The topological polar surface area (TPSA) is 73.9 Å². The summed E-state index contributed by atoms with van der Waals surface area (Å²) in [6.07, 6.45) is 1.70. The Balaban J connectivity index is 0.00000180. The largest absolute Gasteiger partial charge is 0.468 e. The van der Waals surface area contributed by atoms with Crippen molar-refractivity contribution in [3.05, 3.63) is 0 Å². The number of esters is 2. The van der Waals surface area contributed by atoms with E-state index in [1.807, 2.05) is 0 Å². The number of methoxy groups -OCH3 is 1. The Morgan fingerprint density at radius 3 is 2.53 bits per heavy atom. The number of hydrogen-bond donors (Lipinski definition) is 1. The van der Waals surface area contributed by atoms with Crippen molar-refractivity contribution in [3.8, 4) is 0 Å². The zero-order chi connectivity index (χ0) is 13.0. The molecule has 2 aliphatic heterocycles. The van der Waals surface area contributed by atoms with E-state index >= 15 is 0 Å². The Morgan fingerprint density at radius 2 is 1.89 bits per heavy atom. The molecule has 2 aliphatic rings. The normalized spacial score (nSPS) is 27.4. The number of carbonyl (C=O) groups excluding carboxylic acids is 2. The van der Waals surface area contributed by atoms with Gasteiger partial charge in [-0.05, 0) is 12.8 Å². The molecule has 2 atom stereocenters. The lowest BCUT2D eigenvalue weighted by Crippen LogP contribution is -2.31. The summed E-state index contributed by atoms with van der Waals surface area (Å²) in [7, 11) is 1.35. The van der Waals surface area contributed by atoms with Gasteiger partial charge in [0.1, 0.15) is 12.1 Å². The summed E-state index contributed by atoms with van der Waals surface area (Å²) in [5, 5.41) is 2.99. The predicted molar refractivity (Wildman–Crippen MR) is 69.1 cm³/mol. The fourth-order valence-corrected chi connectivity index (χ4v) is 2.31. The van der Waals surface area contributed by atoms with Crippen LogP contribution in [0.15, 0.2) is 0 Å². The van der Waals surface area contributed by atoms with Crippen LogP contribution < -0.4 is 5.32 Å². The fourth-order valence-electron chi connectivity index (χ4n) is 2.31. The zero-order valence-electron chi connectivity index (χ0n) is 10.9. The van der Waals surface area contributed by atoms with Crippen molar-refractivity contribution in [2.45, 2.75) is 31.4 Å². The minimum atomic E-state index is -0.359. The minimum Gasteiger partial charge on any atom is -0.468 e. The summed E-state index contributed by atoms with van der Waals surface area (Å²) in [6.45, 7) is 1.75. The summed E-state index contributed by atoms with van der Waals surface area (Å²) in [4.78, 5) is 23.2. The highest BCUT2D eigenvalue weighted by atomic mass is 35.5. The van der Waals surface area contributed by atoms with Crippen molar-refractivity contribution >= 4 is 24.3 Å². The number of rotatable bonds is 3. The highest BCUT2D eigenvalue weighted by Gasteiger charge is 2.34. The van der Waals surface area contributed by atoms with Gasteiger partial charge in [-0.2, -0.15) is 0 Å². The molecular weight excluding hydrogens is 274 g/mol. The molecule has 0 aromatic carbocycles. The summed E-state index contributed by atoms with van der Waals surface area (Å²) in [6, 6.07) is -0.359. The van der Waals surface area contributed by atoms with Crippen LogP contribution in [-0.2, 0) is 23.8 Å². The molecule has 0 bridgehead atoms. The standard InChI is InChI=1S/C12H19NO5.ClH/c1-16-12(15)10-6-9(7-13-10)18-11(14)8-2-4-17-5-3-8;/h8-10,13H,2-7H2,1H3;1H/t9-,10+;/m1./s1. The van der Waals surface area contributed by atoms with E-state index < -0.39 is 0 Å². The molecule has 1 N–H and O–H groups in total. The van der Waals surface area contributed by atoms with Crippen molar-refractivity contribution in [1.82, 2.24) is 5.32 Å². The highest BCUT2D eigenvalue weighted by molar-refractivity contribution is 5.85. The molecule has 110 valence electrons. The zero-order valence-corrected chi connectivity index (χ0v) is 11.7. The first-order valence-corrected chi connectivity index (χ1v) is 6.30. The molecule has 0 spiro atoms. The number of carbonyl (C=O) groups is 2. The van der Waals surface area contributed by atoms with Gasteiger partial charge in [0.2, 0.25) is 0 Å². The van der Waals surface area contributed by atoms with Crippen LogP contribution in [-0.4, -0.2) is 51.0 Å². The molecule has 0 amide bonds. The van der Waals surface area contributed by atoms with Crippen LogP contribution in [0.5, 0.6) is 0 Å². The molecule has 0 aromatic heterocycles. The fraction of sp³-hybridized carbons (Fsp3) is 0.833. The SMILES string of the molecule is COC(=O)[C@@H]1C[C@@H](OC(=O)C2CCOCC2)CN1.Cl. The van der Waals surface area contributed by atoms with Crippen molar-refractivity contribution in [2.75, 3.05) is 26.9 Å². The Kier molecular flexibility index (Phi) is 6.54. The third-order valence-corrected chi connectivity index (χ3v) is 3.41. The lowest BCUT2D eigenvalue weighted by Gasteiger charge is -2.22. The van der Waals surface area contributed by atoms with Crippen molar-refractivity contribution in [1.29, 1.82) is 0 Å². The molecule has 0 unspecified atom stereocenters. The van der Waals surface area contributed by atoms with Gasteiger partial charge in [-0.15, -0.1) is 12.4 Å². The van der Waals surface area contributed by atoms with E-state index in [0.717, 1.165) is 12.8 Å². The maximum absolute atomic E-state index is 11.9. The van der Waals surface area contributed by atoms with E-state index in [4.69, 9.17) is 9.47 Å². The van der Waals surface area contributed by atoms with E-state index in [1.165, 1.54) is 7.11 Å². The molecule has 2 heterocycles. The van der Waals surface area contributed by atoms with Crippen molar-refractivity contribution < 1.29 is 23.8 Å². The van der Waals surface area contributed by atoms with Crippen LogP contribution in [0.3, 0.4) is 0 Å². The van der Waals surface area contributed by atoms with E-state index in [-0.39, 0.29) is 42.4 Å². The second kappa shape index (κ2) is 7.67. The number of halogens is 1. The van der Waals surface area contributed by atoms with Crippen molar-refractivity contribution in [2.24, 2.45) is 5.92 Å². The minimum absolute atomic E-state index is 0. The Hall–Kier alpha value is -0.850. The highest BCUT2D eigenvalue weighted by Crippen LogP contribution is 2.19. The summed E-state index contributed by atoms with van der Waals surface area (Å²) >= 11 is 0. The van der Waals surface area contributed by atoms with Crippen LogP contribution in [0.4, 0.5) is 0 Å². The van der Waals surface area contributed by atoms with Gasteiger partial charge in [0.15, 0.2) is 0 Å². The van der Waals surface area contributed by atoms with E-state index in [2.05, 4.69) is 10.1 Å². The van der Waals surface area contributed by atoms with Gasteiger partial charge in [-0.3, -0.25) is 9.59 Å². The Bertz CT molecular complexity index is 319. The van der Waals surface area contributed by atoms with E-state index in [9.17, 15) is 9.59 Å². The van der Waals surface area contributed by atoms with Gasteiger partial charge >= 0.3 is 11.9 Å². The van der Waals surface area contributed by atoms with Gasteiger partial charge in [0.25, 0.3) is 0 Å². The Labute approximate surface area is 118 Å². The summed E-state index contributed by atoms with van der Waals surface area (Å²) < 4.78 is 15.3. The lowest BCUT2D eigenvalue weighted by atomic mass is 10.0. The number of ether oxygens (including phenoxy) is 3. The second-order valence-corrected chi connectivity index (χ2v) is 4.67. The molecule has 2 saturated heterocycles. The van der Waals surface area contributed by atoms with Crippen LogP contribution in [0.1, 0.15) is 19.3 Å². The smallest absolute Gasteiger partial charge is 0.323 e. The third kappa shape index (κ3) is 4.33. The second-order valence-electron chi connectivity index (χ2n) is 4.67. The van der Waals surface area contributed by atoms with Crippen LogP contribution >= 0.6 is 12.4 Å². The van der Waals surface area contributed by atoms with Gasteiger partial charge in [-0.1, -0.05) is 0 Å². The number of hydrogen-bond acceptors (Lipinski definition) is 6. The average molecular weight is 294 g/mol. The molecule has 2 rings (SSSR count). The van der Waals surface area contributed by atoms with Crippen molar-refractivity contribution in [3.63, 3.8) is 0 Å². The monoisotopic (exact) mass is 293 g/mol. The van der Waals surface area contributed by atoms with Crippen LogP contribution in [0, 0.1) is 5.92 Å². The molecule has 19 heavy (non-hydrogen) atoms. The lowest BCUT2D eigenvalue weighted by molar-refractivity contribution is -0.157. The first-order chi connectivity index (χ1) is 8.70. The van der Waals surface area contributed by atoms with Crippen LogP contribution in [0.25, 0.3) is 0 Å². The van der Waals surface area contributed by atoms with Gasteiger partial charge < -0.3 is 19.5 Å². The average Bonchev–Trinajstić information content (AvgIpc) is 2.87. The summed E-state index contributed by atoms with van der Waals surface area (Å²) in [5.41, 5.74) is 0. The quantitative estimate of drug-likeness (QED) is 0.754. The molecule has 0 aliphatic carbocycles.